The van der Waals surface area contributed by atoms with Gasteiger partial charge in [-0.2, -0.15) is 0 Å². The van der Waals surface area contributed by atoms with Gasteiger partial charge >= 0.3 is 23.9 Å². The molecule has 0 radical (unpaired) electrons. The summed E-state index contributed by atoms with van der Waals surface area (Å²) in [5.74, 6) is -1.61. The Morgan fingerprint density at radius 1 is 0.743 bits per heavy atom. The average Bonchev–Trinajstić information content (AvgIpc) is 2.87. The van der Waals surface area contributed by atoms with Gasteiger partial charge in [0.1, 0.15) is 24.7 Å². The van der Waals surface area contributed by atoms with Crippen molar-refractivity contribution in [3.8, 4) is 11.5 Å². The molecule has 0 bridgehead atoms. The van der Waals surface area contributed by atoms with Crippen LogP contribution in [0, 0.1) is 11.8 Å². The minimum absolute atomic E-state index is 0.0191. The third-order valence-corrected chi connectivity index (χ3v) is 5.57. The Morgan fingerprint density at radius 2 is 1.29 bits per heavy atom. The molecule has 0 unspecified atom stereocenters. The topological polar surface area (TPSA) is 105 Å². The van der Waals surface area contributed by atoms with E-state index in [2.05, 4.69) is 6.58 Å². The second-order valence-electron chi connectivity index (χ2n) is 8.28. The van der Waals surface area contributed by atoms with E-state index in [1.165, 1.54) is 19.1 Å². The van der Waals surface area contributed by atoms with Gasteiger partial charge in [-0.25, -0.2) is 9.59 Å². The van der Waals surface area contributed by atoms with E-state index in [1.807, 2.05) is 6.07 Å². The van der Waals surface area contributed by atoms with Crippen LogP contribution in [0.2, 0.25) is 0 Å². The average molecular weight is 481 g/mol. The molecule has 1 aliphatic carbocycles. The van der Waals surface area contributed by atoms with E-state index >= 15 is 0 Å². The summed E-state index contributed by atoms with van der Waals surface area (Å²) >= 11 is 0. The molecule has 0 N–H and O–H groups in total. The van der Waals surface area contributed by atoms with Gasteiger partial charge in [0.2, 0.25) is 0 Å². The largest absolute Gasteiger partial charge is 0.462 e. The molecular formula is C27H28O8. The molecule has 2 aromatic carbocycles. The number of benzene rings is 2. The van der Waals surface area contributed by atoms with E-state index in [1.54, 1.807) is 36.4 Å². The molecular weight excluding hydrogens is 452 g/mol. The fraction of sp³-hybridized carbons (Fsp3) is 0.333. The molecule has 8 heteroatoms. The van der Waals surface area contributed by atoms with Crippen LogP contribution in [0.4, 0.5) is 0 Å². The smallest absolute Gasteiger partial charge is 0.343 e. The summed E-state index contributed by atoms with van der Waals surface area (Å²) < 4.78 is 20.8. The Kier molecular flexibility index (Phi) is 9.17. The van der Waals surface area contributed by atoms with Crippen molar-refractivity contribution in [3.05, 3.63) is 72.3 Å². The number of para-hydroxylation sites is 1. The first-order valence-corrected chi connectivity index (χ1v) is 11.4. The number of ether oxygens (including phenoxy) is 4. The highest BCUT2D eigenvalue weighted by Gasteiger charge is 2.32. The third kappa shape index (κ3) is 7.81. The third-order valence-electron chi connectivity index (χ3n) is 5.57. The summed E-state index contributed by atoms with van der Waals surface area (Å²) in [6.07, 6.45) is 2.03. The predicted octanol–water partition coefficient (Wildman–Crippen LogP) is 4.28. The molecule has 0 atom stereocenters. The molecule has 3 rings (SSSR count). The zero-order valence-corrected chi connectivity index (χ0v) is 19.6. The quantitative estimate of drug-likeness (QED) is 0.227. The zero-order chi connectivity index (χ0) is 25.2. The van der Waals surface area contributed by atoms with Gasteiger partial charge in [-0.1, -0.05) is 24.8 Å². The number of carbonyl (C=O) groups is 4. The molecule has 0 saturated heterocycles. The summed E-state index contributed by atoms with van der Waals surface area (Å²) in [7, 11) is 0. The summed E-state index contributed by atoms with van der Waals surface area (Å²) in [5, 5.41) is 0. The minimum atomic E-state index is -0.526. The predicted molar refractivity (Wildman–Crippen MR) is 126 cm³/mol. The van der Waals surface area contributed by atoms with Crippen LogP contribution in [0.3, 0.4) is 0 Å². The van der Waals surface area contributed by atoms with E-state index < -0.39 is 11.9 Å². The monoisotopic (exact) mass is 480 g/mol. The van der Waals surface area contributed by atoms with Crippen LogP contribution < -0.4 is 9.47 Å². The SMILES string of the molecule is C=C(C)C(=O)OCCOC(=O)C1CCC(C(=O)Oc2ccc(C(=O)Oc3ccccc3)cc2)CC1. The van der Waals surface area contributed by atoms with E-state index in [9.17, 15) is 19.2 Å². The van der Waals surface area contributed by atoms with Crippen LogP contribution in [-0.2, 0) is 23.9 Å². The standard InChI is InChI=1S/C27H28O8/c1-18(2)24(28)32-16-17-33-25(29)19-8-10-20(11-9-19)26(30)35-23-14-12-21(13-15-23)27(31)34-22-6-4-3-5-7-22/h3-7,12-15,19-20H,1,8-11,16-17H2,2H3. The van der Waals surface area contributed by atoms with E-state index in [-0.39, 0.29) is 42.6 Å². The van der Waals surface area contributed by atoms with Crippen LogP contribution in [0.15, 0.2) is 66.7 Å². The number of hydrogen-bond donors (Lipinski definition) is 0. The lowest BCUT2D eigenvalue weighted by Crippen LogP contribution is -2.30. The maximum atomic E-state index is 12.5. The van der Waals surface area contributed by atoms with Gasteiger partial charge in [0.15, 0.2) is 0 Å². The van der Waals surface area contributed by atoms with Gasteiger partial charge in [-0.15, -0.1) is 0 Å². The van der Waals surface area contributed by atoms with Crippen molar-refractivity contribution >= 4 is 23.9 Å². The Bertz CT molecular complexity index is 1050. The number of carbonyl (C=O) groups excluding carboxylic acids is 4. The molecule has 8 nitrogen and oxygen atoms in total. The Labute approximate surface area is 203 Å². The molecule has 1 aliphatic rings. The van der Waals surface area contributed by atoms with Crippen molar-refractivity contribution in [1.82, 2.24) is 0 Å². The van der Waals surface area contributed by atoms with Crippen LogP contribution in [-0.4, -0.2) is 37.1 Å². The van der Waals surface area contributed by atoms with E-state index in [0.29, 0.717) is 42.7 Å². The van der Waals surface area contributed by atoms with E-state index in [0.717, 1.165) is 0 Å². The normalized spacial score (nSPS) is 17.1. The highest BCUT2D eigenvalue weighted by atomic mass is 16.6. The highest BCUT2D eigenvalue weighted by Crippen LogP contribution is 2.31. The van der Waals surface area contributed by atoms with Gasteiger partial charge in [0.25, 0.3) is 0 Å². The molecule has 1 fully saturated rings. The first-order valence-electron chi connectivity index (χ1n) is 11.4. The fourth-order valence-electron chi connectivity index (χ4n) is 3.60. The summed E-state index contributed by atoms with van der Waals surface area (Å²) in [6, 6.07) is 14.9. The first-order chi connectivity index (χ1) is 16.8. The lowest BCUT2D eigenvalue weighted by molar-refractivity contribution is -0.155. The second-order valence-corrected chi connectivity index (χ2v) is 8.28. The van der Waals surface area contributed by atoms with Crippen molar-refractivity contribution in [2.24, 2.45) is 11.8 Å². The van der Waals surface area contributed by atoms with Gasteiger partial charge in [-0.05, 0) is 69.0 Å². The summed E-state index contributed by atoms with van der Waals surface area (Å²) in [5.41, 5.74) is 0.616. The number of esters is 4. The molecule has 0 spiro atoms. The van der Waals surface area contributed by atoms with Crippen molar-refractivity contribution in [2.75, 3.05) is 13.2 Å². The Balaban J connectivity index is 1.39. The Morgan fingerprint density at radius 3 is 1.89 bits per heavy atom. The summed E-state index contributed by atoms with van der Waals surface area (Å²) in [6.45, 7) is 4.97. The van der Waals surface area contributed by atoms with Gasteiger partial charge in [-0.3, -0.25) is 9.59 Å². The summed E-state index contributed by atoms with van der Waals surface area (Å²) in [4.78, 5) is 48.3. The van der Waals surface area contributed by atoms with Crippen LogP contribution in [0.1, 0.15) is 43.0 Å². The molecule has 1 saturated carbocycles. The fourth-order valence-corrected chi connectivity index (χ4v) is 3.60. The molecule has 2 aromatic rings. The van der Waals surface area contributed by atoms with E-state index in [4.69, 9.17) is 18.9 Å². The Hall–Kier alpha value is -3.94. The van der Waals surface area contributed by atoms with Crippen LogP contribution >= 0.6 is 0 Å². The molecule has 184 valence electrons. The molecule has 0 aromatic heterocycles. The molecule has 35 heavy (non-hydrogen) atoms. The van der Waals surface area contributed by atoms with Crippen molar-refractivity contribution < 1.29 is 38.1 Å². The van der Waals surface area contributed by atoms with Gasteiger partial charge in [0, 0.05) is 5.57 Å². The van der Waals surface area contributed by atoms with Gasteiger partial charge in [0.05, 0.1) is 17.4 Å². The van der Waals surface area contributed by atoms with Crippen molar-refractivity contribution in [3.63, 3.8) is 0 Å². The maximum Gasteiger partial charge on any atom is 0.343 e. The molecule has 0 amide bonds. The lowest BCUT2D eigenvalue weighted by atomic mass is 9.82. The molecule has 0 heterocycles. The number of hydrogen-bond acceptors (Lipinski definition) is 8. The highest BCUT2D eigenvalue weighted by molar-refractivity contribution is 5.91. The van der Waals surface area contributed by atoms with Crippen molar-refractivity contribution in [2.45, 2.75) is 32.6 Å². The number of rotatable bonds is 9. The maximum absolute atomic E-state index is 12.5. The van der Waals surface area contributed by atoms with Crippen LogP contribution in [0.25, 0.3) is 0 Å². The lowest BCUT2D eigenvalue weighted by Gasteiger charge is -2.25. The van der Waals surface area contributed by atoms with Gasteiger partial charge < -0.3 is 18.9 Å². The molecule has 0 aliphatic heterocycles. The first kappa shape index (κ1) is 25.7. The second kappa shape index (κ2) is 12.5. The minimum Gasteiger partial charge on any atom is -0.462 e. The van der Waals surface area contributed by atoms with Crippen molar-refractivity contribution in [1.29, 1.82) is 0 Å². The zero-order valence-electron chi connectivity index (χ0n) is 19.6. The van der Waals surface area contributed by atoms with Crippen LogP contribution in [0.5, 0.6) is 11.5 Å².